The van der Waals surface area contributed by atoms with Crippen molar-refractivity contribution in [3.63, 3.8) is 0 Å². The molecule has 1 aliphatic rings. The molecule has 1 unspecified atom stereocenters. The second-order valence-corrected chi connectivity index (χ2v) is 4.96. The first-order chi connectivity index (χ1) is 8.20. The molecule has 1 fully saturated rings. The predicted octanol–water partition coefficient (Wildman–Crippen LogP) is 0.784. The monoisotopic (exact) mass is 235 g/mol. The zero-order chi connectivity index (χ0) is 12.3. The van der Waals surface area contributed by atoms with Gasteiger partial charge in [-0.3, -0.25) is 9.88 Å². The molecular weight excluding hydrogens is 214 g/mol. The molecule has 94 valence electrons. The van der Waals surface area contributed by atoms with Gasteiger partial charge in [0, 0.05) is 31.5 Å². The van der Waals surface area contributed by atoms with Crippen molar-refractivity contribution in [2.75, 3.05) is 20.1 Å². The largest absolute Gasteiger partial charge is 0.393 e. The summed E-state index contributed by atoms with van der Waals surface area (Å²) in [5.41, 5.74) is 7.07. The molecule has 0 amide bonds. The first-order valence-corrected chi connectivity index (χ1v) is 6.19. The minimum Gasteiger partial charge on any atom is -0.393 e. The Morgan fingerprint density at radius 1 is 1.47 bits per heavy atom. The standard InChI is InChI=1S/C13H21N3O/c1-16(9-10-6-12(17)7-10)13(8-14)11-2-4-15-5-3-11/h2-5,10,12-13,17H,6-9,14H2,1H3. The molecule has 4 heteroatoms. The van der Waals surface area contributed by atoms with Crippen LogP contribution in [0.25, 0.3) is 0 Å². The van der Waals surface area contributed by atoms with Crippen molar-refractivity contribution in [1.29, 1.82) is 0 Å². The topological polar surface area (TPSA) is 62.4 Å². The molecular formula is C13H21N3O. The molecule has 0 spiro atoms. The van der Waals surface area contributed by atoms with Crippen molar-refractivity contribution in [3.05, 3.63) is 30.1 Å². The number of aliphatic hydroxyl groups excluding tert-OH is 1. The third kappa shape index (κ3) is 3.03. The molecule has 1 heterocycles. The summed E-state index contributed by atoms with van der Waals surface area (Å²) in [6.07, 6.45) is 5.39. The molecule has 1 aromatic heterocycles. The van der Waals surface area contributed by atoms with E-state index in [9.17, 15) is 5.11 Å². The van der Waals surface area contributed by atoms with E-state index < -0.39 is 0 Å². The second-order valence-electron chi connectivity index (χ2n) is 4.96. The number of hydrogen-bond acceptors (Lipinski definition) is 4. The van der Waals surface area contributed by atoms with Crippen LogP contribution in [0.4, 0.5) is 0 Å². The number of hydrogen-bond donors (Lipinski definition) is 2. The van der Waals surface area contributed by atoms with Crippen LogP contribution in [0.3, 0.4) is 0 Å². The summed E-state index contributed by atoms with van der Waals surface area (Å²) in [4.78, 5) is 6.31. The van der Waals surface area contributed by atoms with E-state index >= 15 is 0 Å². The Hall–Kier alpha value is -0.970. The van der Waals surface area contributed by atoms with Crippen molar-refractivity contribution in [2.24, 2.45) is 11.7 Å². The van der Waals surface area contributed by atoms with E-state index in [1.165, 1.54) is 5.56 Å². The highest BCUT2D eigenvalue weighted by Gasteiger charge is 2.29. The highest BCUT2D eigenvalue weighted by molar-refractivity contribution is 5.15. The quantitative estimate of drug-likeness (QED) is 0.792. The van der Waals surface area contributed by atoms with Crippen molar-refractivity contribution < 1.29 is 5.11 Å². The predicted molar refractivity (Wildman–Crippen MR) is 67.4 cm³/mol. The van der Waals surface area contributed by atoms with Gasteiger partial charge in [-0.15, -0.1) is 0 Å². The molecule has 0 aromatic carbocycles. The van der Waals surface area contributed by atoms with Crippen molar-refractivity contribution in [1.82, 2.24) is 9.88 Å². The Morgan fingerprint density at radius 2 is 2.12 bits per heavy atom. The van der Waals surface area contributed by atoms with Crippen LogP contribution >= 0.6 is 0 Å². The van der Waals surface area contributed by atoms with Gasteiger partial charge in [0.1, 0.15) is 0 Å². The first kappa shape index (κ1) is 12.5. The molecule has 0 radical (unpaired) electrons. The van der Waals surface area contributed by atoms with Crippen LogP contribution in [-0.2, 0) is 0 Å². The Labute approximate surface area is 102 Å². The van der Waals surface area contributed by atoms with Gasteiger partial charge in [0.2, 0.25) is 0 Å². The smallest absolute Gasteiger partial charge is 0.0546 e. The highest BCUT2D eigenvalue weighted by atomic mass is 16.3. The first-order valence-electron chi connectivity index (χ1n) is 6.19. The lowest BCUT2D eigenvalue weighted by molar-refractivity contribution is 0.0224. The summed E-state index contributed by atoms with van der Waals surface area (Å²) in [7, 11) is 2.10. The zero-order valence-corrected chi connectivity index (χ0v) is 10.3. The lowest BCUT2D eigenvalue weighted by atomic mass is 9.82. The van der Waals surface area contributed by atoms with Crippen LogP contribution < -0.4 is 5.73 Å². The molecule has 1 saturated carbocycles. The van der Waals surface area contributed by atoms with Gasteiger partial charge in [-0.25, -0.2) is 0 Å². The van der Waals surface area contributed by atoms with E-state index in [1.807, 2.05) is 12.1 Å². The molecule has 17 heavy (non-hydrogen) atoms. The van der Waals surface area contributed by atoms with E-state index in [2.05, 4.69) is 16.9 Å². The summed E-state index contributed by atoms with van der Waals surface area (Å²) in [6, 6.07) is 4.28. The van der Waals surface area contributed by atoms with Crippen LogP contribution in [0.5, 0.6) is 0 Å². The molecule has 4 nitrogen and oxygen atoms in total. The third-order valence-electron chi connectivity index (χ3n) is 3.60. The Kier molecular flexibility index (Phi) is 4.10. The number of likely N-dealkylation sites (N-methyl/N-ethyl adjacent to an activating group) is 1. The van der Waals surface area contributed by atoms with Crippen LogP contribution in [0, 0.1) is 5.92 Å². The van der Waals surface area contributed by atoms with Crippen LogP contribution in [0.1, 0.15) is 24.4 Å². The number of nitrogens with two attached hydrogens (primary N) is 1. The fraction of sp³-hybridized carbons (Fsp3) is 0.615. The van der Waals surface area contributed by atoms with Gasteiger partial charge >= 0.3 is 0 Å². The minimum absolute atomic E-state index is 0.0781. The molecule has 1 aromatic rings. The molecule has 3 N–H and O–H groups in total. The van der Waals surface area contributed by atoms with E-state index in [0.717, 1.165) is 19.4 Å². The summed E-state index contributed by atoms with van der Waals surface area (Å²) >= 11 is 0. The second kappa shape index (κ2) is 5.58. The van der Waals surface area contributed by atoms with Gasteiger partial charge in [-0.2, -0.15) is 0 Å². The third-order valence-corrected chi connectivity index (χ3v) is 3.60. The average Bonchev–Trinajstić information content (AvgIpc) is 2.29. The van der Waals surface area contributed by atoms with Crippen LogP contribution in [0.15, 0.2) is 24.5 Å². The van der Waals surface area contributed by atoms with E-state index in [1.54, 1.807) is 12.4 Å². The lowest BCUT2D eigenvalue weighted by Crippen LogP contribution is -2.40. The van der Waals surface area contributed by atoms with Gasteiger partial charge in [0.25, 0.3) is 0 Å². The fourth-order valence-corrected chi connectivity index (χ4v) is 2.54. The van der Waals surface area contributed by atoms with E-state index in [0.29, 0.717) is 12.5 Å². The Morgan fingerprint density at radius 3 is 2.65 bits per heavy atom. The van der Waals surface area contributed by atoms with Crippen LogP contribution in [-0.4, -0.2) is 41.2 Å². The SMILES string of the molecule is CN(CC1CC(O)C1)C(CN)c1ccncc1. The minimum atomic E-state index is -0.0781. The van der Waals surface area contributed by atoms with E-state index in [4.69, 9.17) is 5.73 Å². The number of aromatic nitrogens is 1. The summed E-state index contributed by atoms with van der Waals surface area (Å²) in [6.45, 7) is 1.61. The maximum Gasteiger partial charge on any atom is 0.0546 e. The summed E-state index contributed by atoms with van der Waals surface area (Å²) < 4.78 is 0. The number of rotatable bonds is 5. The average molecular weight is 235 g/mol. The lowest BCUT2D eigenvalue weighted by Gasteiger charge is -2.37. The number of nitrogens with zero attached hydrogens (tertiary/aromatic N) is 2. The molecule has 0 bridgehead atoms. The normalized spacial score (nSPS) is 25.6. The van der Waals surface area contributed by atoms with Crippen molar-refractivity contribution >= 4 is 0 Å². The molecule has 1 aliphatic carbocycles. The van der Waals surface area contributed by atoms with Crippen molar-refractivity contribution in [2.45, 2.75) is 25.0 Å². The molecule has 1 atom stereocenters. The zero-order valence-electron chi connectivity index (χ0n) is 10.3. The molecule has 0 saturated heterocycles. The van der Waals surface area contributed by atoms with Gasteiger partial charge in [0.15, 0.2) is 0 Å². The Bertz CT molecular complexity index is 338. The summed E-state index contributed by atoms with van der Waals surface area (Å²) in [5, 5.41) is 9.29. The Balaban J connectivity index is 1.93. The van der Waals surface area contributed by atoms with Crippen molar-refractivity contribution in [3.8, 4) is 0 Å². The van der Waals surface area contributed by atoms with Gasteiger partial charge in [-0.1, -0.05) is 0 Å². The van der Waals surface area contributed by atoms with E-state index in [-0.39, 0.29) is 12.1 Å². The highest BCUT2D eigenvalue weighted by Crippen LogP contribution is 2.29. The number of pyridine rings is 1. The van der Waals surface area contributed by atoms with Gasteiger partial charge < -0.3 is 10.8 Å². The molecule has 2 rings (SSSR count). The summed E-state index contributed by atoms with van der Waals surface area (Å²) in [5.74, 6) is 0.617. The number of aliphatic hydroxyl groups is 1. The maximum absolute atomic E-state index is 9.29. The molecule has 0 aliphatic heterocycles. The van der Waals surface area contributed by atoms with Gasteiger partial charge in [-0.05, 0) is 43.5 Å². The van der Waals surface area contributed by atoms with Crippen LogP contribution in [0.2, 0.25) is 0 Å². The maximum atomic E-state index is 9.29. The fourth-order valence-electron chi connectivity index (χ4n) is 2.54. The van der Waals surface area contributed by atoms with Gasteiger partial charge in [0.05, 0.1) is 6.10 Å².